The van der Waals surface area contributed by atoms with E-state index >= 15 is 0 Å². The molecule has 1 saturated heterocycles. The molecule has 0 bridgehead atoms. The summed E-state index contributed by atoms with van der Waals surface area (Å²) in [5.74, 6) is 0.836. The van der Waals surface area contributed by atoms with E-state index in [4.69, 9.17) is 0 Å². The first-order valence-corrected chi connectivity index (χ1v) is 6.29. The van der Waals surface area contributed by atoms with Gasteiger partial charge in [-0.3, -0.25) is 4.90 Å². The summed E-state index contributed by atoms with van der Waals surface area (Å²) in [7, 11) is 2.05. The Morgan fingerprint density at radius 1 is 1.31 bits per heavy atom. The topological polar surface area (TPSA) is 15.3 Å². The lowest BCUT2D eigenvalue weighted by atomic mass is 9.97. The highest BCUT2D eigenvalue weighted by atomic mass is 15.1. The van der Waals surface area contributed by atoms with Crippen molar-refractivity contribution >= 4 is 0 Å². The molecule has 1 aliphatic heterocycles. The van der Waals surface area contributed by atoms with Crippen LogP contribution in [0.3, 0.4) is 0 Å². The van der Waals surface area contributed by atoms with Gasteiger partial charge in [0.2, 0.25) is 0 Å². The van der Waals surface area contributed by atoms with Crippen LogP contribution in [-0.4, -0.2) is 31.6 Å². The molecule has 0 radical (unpaired) electrons. The van der Waals surface area contributed by atoms with E-state index in [1.165, 1.54) is 31.5 Å². The summed E-state index contributed by atoms with van der Waals surface area (Å²) < 4.78 is 0. The first-order valence-electron chi connectivity index (χ1n) is 6.29. The lowest BCUT2D eigenvalue weighted by Gasteiger charge is -2.32. The van der Waals surface area contributed by atoms with E-state index in [0.29, 0.717) is 0 Å². The van der Waals surface area contributed by atoms with Gasteiger partial charge in [0.1, 0.15) is 0 Å². The fourth-order valence-corrected chi connectivity index (χ4v) is 2.59. The molecule has 0 aromatic heterocycles. The van der Waals surface area contributed by atoms with Gasteiger partial charge in [0.05, 0.1) is 0 Å². The van der Waals surface area contributed by atoms with Crippen LogP contribution in [0.25, 0.3) is 0 Å². The average Bonchev–Trinajstić information content (AvgIpc) is 2.31. The summed E-state index contributed by atoms with van der Waals surface area (Å²) in [5, 5.41) is 3.30. The fourth-order valence-electron chi connectivity index (χ4n) is 2.59. The number of benzene rings is 1. The van der Waals surface area contributed by atoms with Gasteiger partial charge in [-0.05, 0) is 44.5 Å². The van der Waals surface area contributed by atoms with E-state index in [-0.39, 0.29) is 0 Å². The molecule has 0 unspecified atom stereocenters. The molecule has 2 nitrogen and oxygen atoms in total. The Morgan fingerprint density at radius 3 is 2.88 bits per heavy atom. The van der Waals surface area contributed by atoms with Gasteiger partial charge >= 0.3 is 0 Å². The van der Waals surface area contributed by atoms with Crippen LogP contribution < -0.4 is 5.32 Å². The largest absolute Gasteiger partial charge is 0.319 e. The second-order valence-electron chi connectivity index (χ2n) is 4.79. The second-order valence-corrected chi connectivity index (χ2v) is 4.79. The SMILES string of the molecule is CNC[C@@H]1CCCN(Cc2ccccc2)C1. The minimum Gasteiger partial charge on any atom is -0.319 e. The molecule has 2 heteroatoms. The Bertz CT molecular complexity index is 295. The summed E-state index contributed by atoms with van der Waals surface area (Å²) in [4.78, 5) is 2.58. The van der Waals surface area contributed by atoms with E-state index in [2.05, 4.69) is 47.6 Å². The Kier molecular flexibility index (Phi) is 4.37. The molecule has 1 fully saturated rings. The Morgan fingerprint density at radius 2 is 2.12 bits per heavy atom. The summed E-state index contributed by atoms with van der Waals surface area (Å²) in [6.45, 7) is 4.77. The molecule has 0 saturated carbocycles. The highest BCUT2D eigenvalue weighted by molar-refractivity contribution is 5.14. The normalized spacial score (nSPS) is 22.2. The monoisotopic (exact) mass is 218 g/mol. The minimum atomic E-state index is 0.836. The predicted octanol–water partition coefficient (Wildman–Crippen LogP) is 2.12. The zero-order valence-electron chi connectivity index (χ0n) is 10.2. The Hall–Kier alpha value is -0.860. The molecular weight excluding hydrogens is 196 g/mol. The number of likely N-dealkylation sites (tertiary alicyclic amines) is 1. The maximum Gasteiger partial charge on any atom is 0.0233 e. The van der Waals surface area contributed by atoms with E-state index in [1.54, 1.807) is 0 Å². The van der Waals surface area contributed by atoms with Gasteiger partial charge in [-0.25, -0.2) is 0 Å². The molecule has 16 heavy (non-hydrogen) atoms. The summed E-state index contributed by atoms with van der Waals surface area (Å²) >= 11 is 0. The van der Waals surface area contributed by atoms with Crippen molar-refractivity contribution in [3.63, 3.8) is 0 Å². The van der Waals surface area contributed by atoms with Gasteiger partial charge in [-0.2, -0.15) is 0 Å². The third-order valence-electron chi connectivity index (χ3n) is 3.34. The van der Waals surface area contributed by atoms with Crippen LogP contribution in [0.15, 0.2) is 30.3 Å². The molecule has 1 aliphatic rings. The van der Waals surface area contributed by atoms with E-state index in [0.717, 1.165) is 19.0 Å². The average molecular weight is 218 g/mol. The molecule has 0 spiro atoms. The number of piperidine rings is 1. The molecule has 0 amide bonds. The van der Waals surface area contributed by atoms with Crippen LogP contribution >= 0.6 is 0 Å². The van der Waals surface area contributed by atoms with Crippen molar-refractivity contribution in [3.8, 4) is 0 Å². The molecule has 88 valence electrons. The summed E-state index contributed by atoms with van der Waals surface area (Å²) in [5.41, 5.74) is 1.44. The molecule has 0 aliphatic carbocycles. The molecular formula is C14H22N2. The fraction of sp³-hybridized carbons (Fsp3) is 0.571. The molecule has 1 atom stereocenters. The number of hydrogen-bond donors (Lipinski definition) is 1. The maximum absolute atomic E-state index is 3.30. The quantitative estimate of drug-likeness (QED) is 0.833. The van der Waals surface area contributed by atoms with Crippen LogP contribution in [-0.2, 0) is 6.54 Å². The predicted molar refractivity (Wildman–Crippen MR) is 68.4 cm³/mol. The van der Waals surface area contributed by atoms with E-state index < -0.39 is 0 Å². The van der Waals surface area contributed by atoms with Gasteiger partial charge in [0.15, 0.2) is 0 Å². The van der Waals surface area contributed by atoms with Crippen molar-refractivity contribution in [1.82, 2.24) is 10.2 Å². The smallest absolute Gasteiger partial charge is 0.0233 e. The molecule has 1 aromatic rings. The minimum absolute atomic E-state index is 0.836. The summed E-state index contributed by atoms with van der Waals surface area (Å²) in [6.07, 6.45) is 2.73. The highest BCUT2D eigenvalue weighted by Gasteiger charge is 2.18. The van der Waals surface area contributed by atoms with Crippen molar-refractivity contribution in [2.24, 2.45) is 5.92 Å². The van der Waals surface area contributed by atoms with Crippen LogP contribution in [0, 0.1) is 5.92 Å². The van der Waals surface area contributed by atoms with Crippen molar-refractivity contribution in [1.29, 1.82) is 0 Å². The highest BCUT2D eigenvalue weighted by Crippen LogP contribution is 2.17. The molecule has 1 heterocycles. The number of hydrogen-bond acceptors (Lipinski definition) is 2. The Balaban J connectivity index is 1.85. The third-order valence-corrected chi connectivity index (χ3v) is 3.34. The van der Waals surface area contributed by atoms with Gasteiger partial charge in [-0.15, -0.1) is 0 Å². The van der Waals surface area contributed by atoms with Crippen molar-refractivity contribution in [2.45, 2.75) is 19.4 Å². The zero-order chi connectivity index (χ0) is 11.2. The van der Waals surface area contributed by atoms with Crippen LogP contribution in [0.1, 0.15) is 18.4 Å². The Labute approximate surface area is 98.7 Å². The first-order chi connectivity index (χ1) is 7.88. The lowest BCUT2D eigenvalue weighted by Crippen LogP contribution is -2.38. The van der Waals surface area contributed by atoms with Gasteiger partial charge in [-0.1, -0.05) is 30.3 Å². The molecule has 2 rings (SSSR count). The zero-order valence-corrected chi connectivity index (χ0v) is 10.2. The van der Waals surface area contributed by atoms with Crippen molar-refractivity contribution in [2.75, 3.05) is 26.7 Å². The number of rotatable bonds is 4. The van der Waals surface area contributed by atoms with Gasteiger partial charge in [0, 0.05) is 13.1 Å². The summed E-state index contributed by atoms with van der Waals surface area (Å²) in [6, 6.07) is 10.8. The van der Waals surface area contributed by atoms with Crippen LogP contribution in [0.5, 0.6) is 0 Å². The van der Waals surface area contributed by atoms with Gasteiger partial charge < -0.3 is 5.32 Å². The number of nitrogens with zero attached hydrogens (tertiary/aromatic N) is 1. The van der Waals surface area contributed by atoms with Crippen molar-refractivity contribution < 1.29 is 0 Å². The second kappa shape index (κ2) is 6.02. The number of nitrogens with one attached hydrogen (secondary N) is 1. The standard InChI is InChI=1S/C14H22N2/c1-15-10-14-8-5-9-16(12-14)11-13-6-3-2-4-7-13/h2-4,6-7,14-15H,5,8-12H2,1H3/t14-/m0/s1. The van der Waals surface area contributed by atoms with Crippen molar-refractivity contribution in [3.05, 3.63) is 35.9 Å². The first kappa shape index (κ1) is 11.6. The van der Waals surface area contributed by atoms with E-state index in [1.807, 2.05) is 0 Å². The van der Waals surface area contributed by atoms with Gasteiger partial charge in [0.25, 0.3) is 0 Å². The lowest BCUT2D eigenvalue weighted by molar-refractivity contribution is 0.167. The molecule has 1 N–H and O–H groups in total. The molecule has 1 aromatic carbocycles. The van der Waals surface area contributed by atoms with Crippen LogP contribution in [0.4, 0.5) is 0 Å². The third kappa shape index (κ3) is 3.32. The van der Waals surface area contributed by atoms with Crippen LogP contribution in [0.2, 0.25) is 0 Å². The maximum atomic E-state index is 3.30. The van der Waals surface area contributed by atoms with E-state index in [9.17, 15) is 0 Å².